The first-order chi connectivity index (χ1) is 3.68. The Morgan fingerprint density at radius 1 is 1.78 bits per heavy atom. The van der Waals surface area contributed by atoms with E-state index in [0.717, 1.165) is 0 Å². The van der Waals surface area contributed by atoms with E-state index in [2.05, 4.69) is 0 Å². The van der Waals surface area contributed by atoms with Crippen LogP contribution < -0.4 is 34.7 Å². The summed E-state index contributed by atoms with van der Waals surface area (Å²) in [4.78, 5) is 9.73. The Morgan fingerprint density at radius 2 is 2.22 bits per heavy atom. The Bertz CT molecular complexity index is 84.3. The zero-order valence-electron chi connectivity index (χ0n) is 5.76. The van der Waals surface area contributed by atoms with Crippen LogP contribution in [-0.2, 0) is 4.79 Å². The van der Waals surface area contributed by atoms with Gasteiger partial charge in [-0.05, 0) is 6.42 Å². The van der Waals surface area contributed by atoms with Crippen molar-refractivity contribution in [3.05, 3.63) is 0 Å². The molecule has 0 aliphatic rings. The van der Waals surface area contributed by atoms with Gasteiger partial charge in [0.15, 0.2) is 0 Å². The molecule has 0 aromatic heterocycles. The zero-order chi connectivity index (χ0) is 6.57. The molecule has 0 aliphatic heterocycles. The summed E-state index contributed by atoms with van der Waals surface area (Å²) in [5.74, 6) is -1.38. The number of aliphatic hydroxyl groups is 1. The minimum absolute atomic E-state index is 0. The molecule has 0 bridgehead atoms. The molecule has 0 saturated carbocycles. The van der Waals surface area contributed by atoms with Crippen molar-refractivity contribution in [1.82, 2.24) is 0 Å². The van der Waals surface area contributed by atoms with Crippen molar-refractivity contribution in [3.8, 4) is 0 Å². The molecule has 0 fully saturated rings. The average molecular weight is 140 g/mol. The van der Waals surface area contributed by atoms with Crippen LogP contribution in [0.1, 0.15) is 19.8 Å². The average Bonchev–Trinajstić information content (AvgIpc) is 1.67. The molecule has 0 amide bonds. The third-order valence-electron chi connectivity index (χ3n) is 0.834. The summed E-state index contributed by atoms with van der Waals surface area (Å²) in [6.07, 6.45) is -0.336. The quantitative estimate of drug-likeness (QED) is 0.405. The molecule has 48 valence electrons. The summed E-state index contributed by atoms with van der Waals surface area (Å²) >= 11 is 0. The Morgan fingerprint density at radius 3 is 2.33 bits per heavy atom. The predicted octanol–water partition coefficient (Wildman–Crippen LogP) is -4.10. The molecule has 0 aliphatic carbocycles. The molecule has 3 nitrogen and oxygen atoms in total. The van der Waals surface area contributed by atoms with E-state index in [-0.39, 0.29) is 36.0 Å². The fraction of sp³-hybridized carbons (Fsp3) is 0.800. The molecular formula is C5H9NaO3. The van der Waals surface area contributed by atoms with Crippen molar-refractivity contribution in [1.29, 1.82) is 0 Å². The second-order valence-electron chi connectivity index (χ2n) is 1.62. The van der Waals surface area contributed by atoms with Crippen LogP contribution in [-0.4, -0.2) is 17.2 Å². The van der Waals surface area contributed by atoms with Crippen LogP contribution >= 0.6 is 0 Å². The number of carbonyl (C=O) groups excluding carboxylic acids is 1. The third-order valence-corrected chi connectivity index (χ3v) is 0.834. The van der Waals surface area contributed by atoms with Crippen LogP contribution in [0.15, 0.2) is 0 Å². The first kappa shape index (κ1) is 12.1. The molecule has 0 spiro atoms. The molecule has 0 aromatic carbocycles. The monoisotopic (exact) mass is 140 g/mol. The van der Waals surface area contributed by atoms with Crippen LogP contribution in [0, 0.1) is 0 Å². The molecule has 1 atom stereocenters. The van der Waals surface area contributed by atoms with Crippen molar-refractivity contribution < 1.29 is 44.6 Å². The van der Waals surface area contributed by atoms with Crippen molar-refractivity contribution in [2.45, 2.75) is 25.9 Å². The van der Waals surface area contributed by atoms with Gasteiger partial charge in [-0.25, -0.2) is 0 Å². The molecule has 0 saturated heterocycles. The summed E-state index contributed by atoms with van der Waals surface area (Å²) < 4.78 is 0. The van der Waals surface area contributed by atoms with E-state index in [0.29, 0.717) is 6.42 Å². The topological polar surface area (TPSA) is 60.4 Å². The Balaban J connectivity index is 0. The molecule has 0 aromatic rings. The van der Waals surface area contributed by atoms with E-state index in [1.54, 1.807) is 6.92 Å². The maximum atomic E-state index is 9.73. The van der Waals surface area contributed by atoms with E-state index >= 15 is 0 Å². The van der Waals surface area contributed by atoms with Gasteiger partial charge in [0.25, 0.3) is 0 Å². The summed E-state index contributed by atoms with van der Waals surface area (Å²) in [6.45, 7) is 1.80. The summed E-state index contributed by atoms with van der Waals surface area (Å²) in [6, 6.07) is 0. The smallest absolute Gasteiger partial charge is 0.547 e. The molecule has 9 heavy (non-hydrogen) atoms. The van der Waals surface area contributed by atoms with Crippen molar-refractivity contribution in [2.75, 3.05) is 0 Å². The predicted molar refractivity (Wildman–Crippen MR) is 25.9 cm³/mol. The van der Waals surface area contributed by atoms with Crippen molar-refractivity contribution >= 4 is 5.97 Å². The SMILES string of the molecule is CCC[C@@H](O)C(=O)[O-].[Na+]. The van der Waals surface area contributed by atoms with Crippen molar-refractivity contribution in [3.63, 3.8) is 0 Å². The Labute approximate surface area is 76.4 Å². The van der Waals surface area contributed by atoms with Gasteiger partial charge in [-0.2, -0.15) is 0 Å². The van der Waals surface area contributed by atoms with Gasteiger partial charge < -0.3 is 15.0 Å². The summed E-state index contributed by atoms with van der Waals surface area (Å²) in [7, 11) is 0. The Kier molecular flexibility index (Phi) is 8.83. The van der Waals surface area contributed by atoms with E-state index in [4.69, 9.17) is 5.11 Å². The largest absolute Gasteiger partial charge is 1.00 e. The van der Waals surface area contributed by atoms with Crippen LogP contribution in [0.3, 0.4) is 0 Å². The molecule has 0 rings (SSSR count). The number of carbonyl (C=O) groups is 1. The van der Waals surface area contributed by atoms with Gasteiger partial charge in [0.05, 0.1) is 12.1 Å². The van der Waals surface area contributed by atoms with Gasteiger partial charge in [0, 0.05) is 0 Å². The number of rotatable bonds is 3. The number of aliphatic hydroxyl groups excluding tert-OH is 1. The van der Waals surface area contributed by atoms with Gasteiger partial charge in [0.1, 0.15) is 0 Å². The number of carboxylic acid groups (broad SMARTS) is 1. The van der Waals surface area contributed by atoms with E-state index < -0.39 is 12.1 Å². The first-order valence-electron chi connectivity index (χ1n) is 2.57. The maximum Gasteiger partial charge on any atom is 1.00 e. The third kappa shape index (κ3) is 6.31. The van der Waals surface area contributed by atoms with E-state index in [9.17, 15) is 9.90 Å². The normalized spacial score (nSPS) is 11.8. The van der Waals surface area contributed by atoms with Gasteiger partial charge in [-0.15, -0.1) is 0 Å². The van der Waals surface area contributed by atoms with Crippen LogP contribution in [0.4, 0.5) is 0 Å². The van der Waals surface area contributed by atoms with Crippen LogP contribution in [0.2, 0.25) is 0 Å². The first-order valence-corrected chi connectivity index (χ1v) is 2.57. The van der Waals surface area contributed by atoms with Gasteiger partial charge in [-0.1, -0.05) is 13.3 Å². The Hall–Kier alpha value is 0.430. The fourth-order valence-electron chi connectivity index (χ4n) is 0.391. The summed E-state index contributed by atoms with van der Waals surface area (Å²) in [5, 5.41) is 18.2. The summed E-state index contributed by atoms with van der Waals surface area (Å²) in [5.41, 5.74) is 0. The van der Waals surface area contributed by atoms with Gasteiger partial charge >= 0.3 is 29.6 Å². The van der Waals surface area contributed by atoms with Crippen LogP contribution in [0.5, 0.6) is 0 Å². The minimum Gasteiger partial charge on any atom is -0.547 e. The van der Waals surface area contributed by atoms with Gasteiger partial charge in [-0.3, -0.25) is 0 Å². The molecule has 4 heteroatoms. The molecule has 1 N–H and O–H groups in total. The van der Waals surface area contributed by atoms with Gasteiger partial charge in [0.2, 0.25) is 0 Å². The van der Waals surface area contributed by atoms with E-state index in [1.165, 1.54) is 0 Å². The molecule has 0 unspecified atom stereocenters. The zero-order valence-corrected chi connectivity index (χ0v) is 7.76. The second kappa shape index (κ2) is 6.55. The maximum absolute atomic E-state index is 9.73. The molecular weight excluding hydrogens is 131 g/mol. The number of aliphatic carboxylic acids is 1. The minimum atomic E-state index is -1.38. The number of hydrogen-bond donors (Lipinski definition) is 1. The second-order valence-corrected chi connectivity index (χ2v) is 1.62. The molecule has 0 radical (unpaired) electrons. The van der Waals surface area contributed by atoms with Crippen LogP contribution in [0.25, 0.3) is 0 Å². The standard InChI is InChI=1S/C5H10O3.Na/c1-2-3-4(6)5(7)8;/h4,6H,2-3H2,1H3,(H,7,8);/q;+1/p-1/t4-;/m1./s1. The fourth-order valence-corrected chi connectivity index (χ4v) is 0.391. The number of hydrogen-bond acceptors (Lipinski definition) is 3. The molecule has 0 heterocycles. The van der Waals surface area contributed by atoms with Crippen molar-refractivity contribution in [2.24, 2.45) is 0 Å². The van der Waals surface area contributed by atoms with E-state index in [1.807, 2.05) is 0 Å². The number of carboxylic acids is 1.